The van der Waals surface area contributed by atoms with Gasteiger partial charge in [0.25, 0.3) is 5.69 Å². The Kier molecular flexibility index (Phi) is 12.2. The molecule has 10 heteroatoms. The van der Waals surface area contributed by atoms with E-state index in [-0.39, 0.29) is 23.3 Å². The van der Waals surface area contributed by atoms with Gasteiger partial charge in [0.2, 0.25) is 0 Å². The van der Waals surface area contributed by atoms with Crippen molar-refractivity contribution in [1.82, 2.24) is 4.90 Å². The monoisotopic (exact) mass is 436 g/mol. The van der Waals surface area contributed by atoms with Crippen LogP contribution in [0.2, 0.25) is 0 Å². The molecule has 0 amide bonds. The largest absolute Gasteiger partial charge is 0.400 e. The molecule has 0 spiro atoms. The fraction of sp³-hybridized carbons (Fsp3) is 0.571. The Bertz CT molecular complexity index is 730. The number of nitrogens with one attached hydrogen (secondary N) is 1. The van der Waals surface area contributed by atoms with Crippen LogP contribution in [0.1, 0.15) is 32.1 Å². The van der Waals surface area contributed by atoms with Gasteiger partial charge >= 0.3 is 0 Å². The lowest BCUT2D eigenvalue weighted by Crippen LogP contribution is -2.51. The zero-order valence-electron chi connectivity index (χ0n) is 17.9. The first-order valence-electron chi connectivity index (χ1n) is 10.3. The van der Waals surface area contributed by atoms with Gasteiger partial charge < -0.3 is 20.3 Å². The summed E-state index contributed by atoms with van der Waals surface area (Å²) in [4.78, 5) is 34.3. The van der Waals surface area contributed by atoms with Crippen molar-refractivity contribution >= 4 is 23.3 Å². The first-order chi connectivity index (χ1) is 15.0. The second-order valence-corrected chi connectivity index (χ2v) is 7.23. The summed E-state index contributed by atoms with van der Waals surface area (Å²) in [5.74, 6) is -0.319. The number of benzene rings is 1. The Morgan fingerprint density at radius 3 is 2.65 bits per heavy atom. The van der Waals surface area contributed by atoms with Crippen molar-refractivity contribution < 1.29 is 19.9 Å². The highest BCUT2D eigenvalue weighted by atomic mass is 16.6. The molecule has 10 nitrogen and oxygen atoms in total. The normalized spacial score (nSPS) is 20.8. The molecule has 2 rings (SSSR count). The topological polar surface area (TPSA) is 145 Å². The molecule has 1 fully saturated rings. The van der Waals surface area contributed by atoms with Crippen molar-refractivity contribution in [3.8, 4) is 0 Å². The highest BCUT2D eigenvalue weighted by molar-refractivity contribution is 5.66. The van der Waals surface area contributed by atoms with Crippen LogP contribution in [0.25, 0.3) is 0 Å². The number of nitro groups is 1. The number of hydrogen-bond acceptors (Lipinski definition) is 9. The van der Waals surface area contributed by atoms with Crippen LogP contribution in [0.5, 0.6) is 0 Å². The lowest BCUT2D eigenvalue weighted by molar-refractivity contribution is -0.383. The molecule has 1 heterocycles. The van der Waals surface area contributed by atoms with Gasteiger partial charge in [-0.3, -0.25) is 15.0 Å². The van der Waals surface area contributed by atoms with Gasteiger partial charge in [-0.2, -0.15) is 0 Å². The fourth-order valence-corrected chi connectivity index (χ4v) is 3.70. The minimum atomic E-state index is -0.695. The fourth-order valence-electron chi connectivity index (χ4n) is 3.70. The number of unbranched alkanes of at least 4 members (excludes halogenated alkanes) is 3. The molecular formula is C21H32N4O6. The van der Waals surface area contributed by atoms with Crippen LogP contribution >= 0.6 is 0 Å². The van der Waals surface area contributed by atoms with Gasteiger partial charge in [0.05, 0.1) is 17.1 Å². The summed E-state index contributed by atoms with van der Waals surface area (Å²) in [6, 6.07) is 3.91. The van der Waals surface area contributed by atoms with E-state index >= 15 is 0 Å². The van der Waals surface area contributed by atoms with Crippen molar-refractivity contribution in [3.63, 3.8) is 0 Å². The molecule has 1 aliphatic rings. The van der Waals surface area contributed by atoms with Crippen LogP contribution in [0.15, 0.2) is 36.0 Å². The molecule has 1 aliphatic heterocycles. The van der Waals surface area contributed by atoms with Crippen LogP contribution in [-0.4, -0.2) is 65.2 Å². The van der Waals surface area contributed by atoms with E-state index in [0.29, 0.717) is 18.7 Å². The summed E-state index contributed by atoms with van der Waals surface area (Å²) < 4.78 is 0. The quantitative estimate of drug-likeness (QED) is 0.113. The molecule has 3 N–H and O–H groups in total. The SMILES string of the molecule is C=CC1[C@@H](O)C(C=O)CCN1CCCCCCNc1ccc(N=O)cc1[N+](=O)[O-].CO. The van der Waals surface area contributed by atoms with E-state index < -0.39 is 11.0 Å². The molecule has 0 bridgehead atoms. The molecular weight excluding hydrogens is 404 g/mol. The molecule has 0 aliphatic carbocycles. The average molecular weight is 437 g/mol. The Labute approximate surface area is 182 Å². The van der Waals surface area contributed by atoms with Crippen LogP contribution < -0.4 is 5.32 Å². The number of nitrogens with zero attached hydrogens (tertiary/aromatic N) is 3. The van der Waals surface area contributed by atoms with Gasteiger partial charge in [-0.05, 0) is 49.7 Å². The third kappa shape index (κ3) is 7.82. The lowest BCUT2D eigenvalue weighted by atomic mass is 9.88. The van der Waals surface area contributed by atoms with Crippen molar-refractivity contribution in [2.75, 3.05) is 32.1 Å². The summed E-state index contributed by atoms with van der Waals surface area (Å²) in [5.41, 5.74) is 0.250. The predicted octanol–water partition coefficient (Wildman–Crippen LogP) is 3.01. The highest BCUT2D eigenvalue weighted by Crippen LogP contribution is 2.29. The predicted molar refractivity (Wildman–Crippen MR) is 119 cm³/mol. The number of anilines is 1. The minimum absolute atomic E-state index is 0.0300. The number of rotatable bonds is 12. The third-order valence-electron chi connectivity index (χ3n) is 5.35. The van der Waals surface area contributed by atoms with Gasteiger partial charge in [0.1, 0.15) is 17.7 Å². The lowest BCUT2D eigenvalue weighted by Gasteiger charge is -2.40. The molecule has 0 saturated carbocycles. The van der Waals surface area contributed by atoms with Gasteiger partial charge in [-0.1, -0.05) is 18.9 Å². The van der Waals surface area contributed by atoms with Crippen LogP contribution in [-0.2, 0) is 4.79 Å². The molecule has 3 atom stereocenters. The molecule has 1 aromatic rings. The van der Waals surface area contributed by atoms with Crippen LogP contribution in [0.4, 0.5) is 17.1 Å². The van der Waals surface area contributed by atoms with Crippen LogP contribution in [0.3, 0.4) is 0 Å². The molecule has 1 saturated heterocycles. The summed E-state index contributed by atoms with van der Waals surface area (Å²) in [6.07, 6.45) is 6.28. The number of likely N-dealkylation sites (tertiary alicyclic amines) is 1. The zero-order chi connectivity index (χ0) is 23.2. The standard InChI is InChI=1S/C20H28N4O5.CH4O/c1-2-18-20(26)15(14-25)9-12-23(18)11-6-4-3-5-10-21-17-8-7-16(22-27)13-19(17)24(28)29;1-2/h2,7-8,13-15,18,20-21,26H,1,3-6,9-12H2;2H,1H3/t15?,18?,20-;/m0./s1. The first kappa shape index (κ1) is 26.3. The highest BCUT2D eigenvalue weighted by Gasteiger charge is 2.34. The Morgan fingerprint density at radius 2 is 2.03 bits per heavy atom. The zero-order valence-corrected chi connectivity index (χ0v) is 17.9. The van der Waals surface area contributed by atoms with Gasteiger partial charge in [-0.15, -0.1) is 11.5 Å². The number of nitro benzene ring substituents is 1. The van der Waals surface area contributed by atoms with E-state index in [9.17, 15) is 24.9 Å². The summed E-state index contributed by atoms with van der Waals surface area (Å²) >= 11 is 0. The number of piperidine rings is 1. The molecule has 2 unspecified atom stereocenters. The molecule has 1 aromatic carbocycles. The molecule has 0 aromatic heterocycles. The van der Waals surface area contributed by atoms with Gasteiger partial charge in [0.15, 0.2) is 0 Å². The summed E-state index contributed by atoms with van der Waals surface area (Å²) in [5, 5.41) is 34.1. The number of hydrogen-bond donors (Lipinski definition) is 3. The van der Waals surface area contributed by atoms with Crippen LogP contribution in [0, 0.1) is 20.9 Å². The third-order valence-corrected chi connectivity index (χ3v) is 5.35. The number of aliphatic hydroxyl groups excluding tert-OH is 2. The van der Waals surface area contributed by atoms with Crippen molar-refractivity contribution in [2.45, 2.75) is 44.2 Å². The number of carbonyl (C=O) groups is 1. The molecule has 31 heavy (non-hydrogen) atoms. The van der Waals surface area contributed by atoms with Crippen molar-refractivity contribution in [2.24, 2.45) is 11.1 Å². The van der Waals surface area contributed by atoms with E-state index in [1.807, 2.05) is 0 Å². The van der Waals surface area contributed by atoms with E-state index in [1.165, 1.54) is 12.1 Å². The Morgan fingerprint density at radius 1 is 1.32 bits per heavy atom. The number of nitroso groups, excluding NO2 is 1. The van der Waals surface area contributed by atoms with E-state index in [1.54, 1.807) is 6.08 Å². The Hall–Kier alpha value is -2.69. The van der Waals surface area contributed by atoms with Gasteiger partial charge in [-0.25, -0.2) is 0 Å². The maximum absolute atomic E-state index is 11.1. The van der Waals surface area contributed by atoms with Gasteiger partial charge in [0, 0.05) is 25.6 Å². The number of aldehydes is 1. The number of carbonyl (C=O) groups excluding carboxylic acids is 1. The molecule has 172 valence electrons. The first-order valence-corrected chi connectivity index (χ1v) is 10.3. The van der Waals surface area contributed by atoms with E-state index in [4.69, 9.17) is 5.11 Å². The molecule has 0 radical (unpaired) electrons. The maximum atomic E-state index is 11.1. The van der Waals surface area contributed by atoms with E-state index in [0.717, 1.165) is 58.2 Å². The second-order valence-electron chi connectivity index (χ2n) is 7.23. The Balaban J connectivity index is 0.00000233. The van der Waals surface area contributed by atoms with Crippen molar-refractivity contribution in [3.05, 3.63) is 45.9 Å². The number of aliphatic hydroxyl groups is 2. The second kappa shape index (κ2) is 14.3. The summed E-state index contributed by atoms with van der Waals surface area (Å²) in [7, 11) is 1.00. The minimum Gasteiger partial charge on any atom is -0.400 e. The van der Waals surface area contributed by atoms with Crippen molar-refractivity contribution in [1.29, 1.82) is 0 Å². The van der Waals surface area contributed by atoms with E-state index in [2.05, 4.69) is 22.0 Å². The maximum Gasteiger partial charge on any atom is 0.294 e. The average Bonchev–Trinajstić information content (AvgIpc) is 2.79. The smallest absolute Gasteiger partial charge is 0.294 e. The summed E-state index contributed by atoms with van der Waals surface area (Å²) in [6.45, 7) is 5.98.